The number of halogens is 1. The van der Waals surface area contributed by atoms with E-state index in [-0.39, 0.29) is 6.04 Å². The molecule has 0 bridgehead atoms. The molecule has 120 valence electrons. The summed E-state index contributed by atoms with van der Waals surface area (Å²) in [7, 11) is 0. The first kappa shape index (κ1) is 15.3. The number of imidazole rings is 1. The zero-order valence-corrected chi connectivity index (χ0v) is 14.6. The van der Waals surface area contributed by atoms with E-state index in [2.05, 4.69) is 38.8 Å². The molecule has 0 aliphatic carbocycles. The molecule has 4 nitrogen and oxygen atoms in total. The normalized spacial score (nSPS) is 12.6. The highest BCUT2D eigenvalue weighted by atomic mass is 35.5. The van der Waals surface area contributed by atoms with E-state index in [1.165, 1.54) is 11.3 Å². The highest BCUT2D eigenvalue weighted by Crippen LogP contribution is 2.30. The first-order valence-electron chi connectivity index (χ1n) is 7.56. The standard InChI is InChI=1S/C18H15ClN4S/c1-11(20)12-5-6-16-15(8-12)22-10-23(16)14-4-2-3-13(7-14)18-21-9-17(19)24-18/h2-11H,20H2,1H3. The second-order valence-electron chi connectivity index (χ2n) is 5.67. The Kier molecular flexibility index (Phi) is 3.84. The minimum absolute atomic E-state index is 0.00229. The SMILES string of the molecule is CC(N)c1ccc2c(c1)ncn2-c1cccc(-c2ncc(Cl)s2)c1. The van der Waals surface area contributed by atoms with Crippen LogP contribution in [0, 0.1) is 0 Å². The minimum Gasteiger partial charge on any atom is -0.324 e. The quantitative estimate of drug-likeness (QED) is 0.573. The summed E-state index contributed by atoms with van der Waals surface area (Å²) in [5.74, 6) is 0. The number of aromatic nitrogens is 3. The van der Waals surface area contributed by atoms with Crippen LogP contribution in [0.25, 0.3) is 27.3 Å². The Morgan fingerprint density at radius 2 is 2.04 bits per heavy atom. The molecule has 1 atom stereocenters. The van der Waals surface area contributed by atoms with Crippen LogP contribution < -0.4 is 5.73 Å². The van der Waals surface area contributed by atoms with Gasteiger partial charge in [0.05, 0.1) is 17.2 Å². The lowest BCUT2D eigenvalue weighted by molar-refractivity contribution is 0.819. The van der Waals surface area contributed by atoms with Gasteiger partial charge in [0.2, 0.25) is 0 Å². The third-order valence-corrected chi connectivity index (χ3v) is 5.11. The molecule has 0 saturated carbocycles. The van der Waals surface area contributed by atoms with Crippen LogP contribution in [0.15, 0.2) is 55.0 Å². The molecule has 6 heteroatoms. The van der Waals surface area contributed by atoms with Crippen molar-refractivity contribution in [3.05, 3.63) is 64.9 Å². The predicted molar refractivity (Wildman–Crippen MR) is 99.8 cm³/mol. The predicted octanol–water partition coefficient (Wildman–Crippen LogP) is 4.82. The van der Waals surface area contributed by atoms with Crippen LogP contribution in [0.1, 0.15) is 18.5 Å². The van der Waals surface area contributed by atoms with Gasteiger partial charge < -0.3 is 5.73 Å². The number of fused-ring (bicyclic) bond motifs is 1. The lowest BCUT2D eigenvalue weighted by Crippen LogP contribution is -2.04. The maximum atomic E-state index is 6.00. The largest absolute Gasteiger partial charge is 0.324 e. The van der Waals surface area contributed by atoms with Gasteiger partial charge in [-0.2, -0.15) is 0 Å². The summed E-state index contributed by atoms with van der Waals surface area (Å²) in [6.45, 7) is 1.97. The number of nitrogens with two attached hydrogens (primary N) is 1. The van der Waals surface area contributed by atoms with Crippen LogP contribution >= 0.6 is 22.9 Å². The van der Waals surface area contributed by atoms with Gasteiger partial charge in [-0.25, -0.2) is 9.97 Å². The lowest BCUT2D eigenvalue weighted by atomic mass is 10.1. The summed E-state index contributed by atoms with van der Waals surface area (Å²) in [5, 5.41) is 0.908. The van der Waals surface area contributed by atoms with Crippen molar-refractivity contribution in [2.45, 2.75) is 13.0 Å². The topological polar surface area (TPSA) is 56.7 Å². The molecular weight excluding hydrogens is 340 g/mol. The van der Waals surface area contributed by atoms with Crippen molar-refractivity contribution in [2.24, 2.45) is 5.73 Å². The third-order valence-electron chi connectivity index (χ3n) is 3.95. The maximum absolute atomic E-state index is 6.00. The fourth-order valence-corrected chi connectivity index (χ4v) is 3.60. The van der Waals surface area contributed by atoms with Crippen molar-refractivity contribution < 1.29 is 0 Å². The molecule has 0 radical (unpaired) electrons. The van der Waals surface area contributed by atoms with E-state index in [0.29, 0.717) is 4.34 Å². The van der Waals surface area contributed by atoms with Crippen LogP contribution in [0.5, 0.6) is 0 Å². The number of thiazole rings is 1. The molecular formula is C18H15ClN4S. The Balaban J connectivity index is 1.80. The highest BCUT2D eigenvalue weighted by molar-refractivity contribution is 7.18. The Morgan fingerprint density at radius 3 is 2.79 bits per heavy atom. The zero-order valence-electron chi connectivity index (χ0n) is 13.0. The lowest BCUT2D eigenvalue weighted by Gasteiger charge is -2.08. The Hall–Kier alpha value is -2.21. The summed E-state index contributed by atoms with van der Waals surface area (Å²) in [4.78, 5) is 8.87. The second-order valence-corrected chi connectivity index (χ2v) is 7.33. The summed E-state index contributed by atoms with van der Waals surface area (Å²) < 4.78 is 2.76. The fourth-order valence-electron chi connectivity index (χ4n) is 2.70. The second kappa shape index (κ2) is 6.02. The van der Waals surface area contributed by atoms with Gasteiger partial charge in [-0.15, -0.1) is 11.3 Å². The molecule has 2 aromatic carbocycles. The van der Waals surface area contributed by atoms with E-state index in [1.54, 1.807) is 6.20 Å². The molecule has 2 heterocycles. The molecule has 0 fully saturated rings. The van der Waals surface area contributed by atoms with Gasteiger partial charge in [0.15, 0.2) is 0 Å². The number of hydrogen-bond donors (Lipinski definition) is 1. The van der Waals surface area contributed by atoms with Crippen molar-refractivity contribution in [1.29, 1.82) is 0 Å². The molecule has 24 heavy (non-hydrogen) atoms. The Morgan fingerprint density at radius 1 is 1.17 bits per heavy atom. The van der Waals surface area contributed by atoms with E-state index < -0.39 is 0 Å². The van der Waals surface area contributed by atoms with E-state index in [9.17, 15) is 0 Å². The van der Waals surface area contributed by atoms with Gasteiger partial charge in [0.25, 0.3) is 0 Å². The summed E-state index contributed by atoms with van der Waals surface area (Å²) in [6, 6.07) is 14.4. The Bertz CT molecular complexity index is 1020. The average molecular weight is 355 g/mol. The van der Waals surface area contributed by atoms with Crippen molar-refractivity contribution >= 4 is 34.0 Å². The van der Waals surface area contributed by atoms with Gasteiger partial charge in [0.1, 0.15) is 15.7 Å². The van der Waals surface area contributed by atoms with E-state index in [4.69, 9.17) is 17.3 Å². The van der Waals surface area contributed by atoms with Gasteiger partial charge in [-0.1, -0.05) is 29.8 Å². The smallest absolute Gasteiger partial charge is 0.124 e. The molecule has 1 unspecified atom stereocenters. The van der Waals surface area contributed by atoms with Gasteiger partial charge in [-0.3, -0.25) is 4.57 Å². The maximum Gasteiger partial charge on any atom is 0.124 e. The van der Waals surface area contributed by atoms with E-state index in [0.717, 1.165) is 32.9 Å². The number of benzene rings is 2. The van der Waals surface area contributed by atoms with Gasteiger partial charge in [-0.05, 0) is 36.8 Å². The van der Waals surface area contributed by atoms with Crippen LogP contribution in [0.4, 0.5) is 0 Å². The monoisotopic (exact) mass is 354 g/mol. The van der Waals surface area contributed by atoms with Gasteiger partial charge in [0, 0.05) is 17.3 Å². The zero-order chi connectivity index (χ0) is 16.7. The van der Waals surface area contributed by atoms with Gasteiger partial charge >= 0.3 is 0 Å². The number of hydrogen-bond acceptors (Lipinski definition) is 4. The van der Waals surface area contributed by atoms with Crippen LogP contribution in [-0.2, 0) is 0 Å². The number of rotatable bonds is 3. The van der Waals surface area contributed by atoms with Crippen molar-refractivity contribution in [2.75, 3.05) is 0 Å². The molecule has 0 aliphatic heterocycles. The first-order valence-corrected chi connectivity index (χ1v) is 8.76. The summed E-state index contributed by atoms with van der Waals surface area (Å²) in [5.41, 5.74) is 11.1. The first-order chi connectivity index (χ1) is 11.6. The van der Waals surface area contributed by atoms with Crippen molar-refractivity contribution in [3.63, 3.8) is 0 Å². The fraction of sp³-hybridized carbons (Fsp3) is 0.111. The molecule has 2 N–H and O–H groups in total. The summed E-state index contributed by atoms with van der Waals surface area (Å²) in [6.07, 6.45) is 3.51. The van der Waals surface area contributed by atoms with Crippen molar-refractivity contribution in [3.8, 4) is 16.3 Å². The van der Waals surface area contributed by atoms with Crippen molar-refractivity contribution in [1.82, 2.24) is 14.5 Å². The molecule has 0 spiro atoms. The highest BCUT2D eigenvalue weighted by Gasteiger charge is 2.09. The van der Waals surface area contributed by atoms with Crippen LogP contribution in [-0.4, -0.2) is 14.5 Å². The molecule has 4 rings (SSSR count). The van der Waals surface area contributed by atoms with Crippen LogP contribution in [0.2, 0.25) is 4.34 Å². The molecule has 0 aliphatic rings. The van der Waals surface area contributed by atoms with Crippen LogP contribution in [0.3, 0.4) is 0 Å². The molecule has 0 amide bonds. The molecule has 0 saturated heterocycles. The summed E-state index contributed by atoms with van der Waals surface area (Å²) >= 11 is 7.47. The average Bonchev–Trinajstić information content (AvgIpc) is 3.20. The minimum atomic E-state index is -0.00229. The van der Waals surface area contributed by atoms with E-state index >= 15 is 0 Å². The van der Waals surface area contributed by atoms with E-state index in [1.807, 2.05) is 31.5 Å². The third kappa shape index (κ3) is 2.71. The Labute approximate surface area is 148 Å². The molecule has 2 aromatic heterocycles. The number of nitrogens with zero attached hydrogens (tertiary/aromatic N) is 3. The molecule has 4 aromatic rings.